The number of hydrogen-bond donors (Lipinski definition) is 1. The fourth-order valence-electron chi connectivity index (χ4n) is 3.19. The van der Waals surface area contributed by atoms with Crippen LogP contribution in [0.2, 0.25) is 5.02 Å². The van der Waals surface area contributed by atoms with Gasteiger partial charge in [0.05, 0.1) is 19.0 Å². The Morgan fingerprint density at radius 3 is 2.84 bits per heavy atom. The quantitative estimate of drug-likeness (QED) is 0.432. The molecule has 2 heterocycles. The van der Waals surface area contributed by atoms with Crippen LogP contribution in [0.5, 0.6) is 0 Å². The smallest absolute Gasteiger partial charge is 0.246 e. The van der Waals surface area contributed by atoms with Crippen LogP contribution in [0.15, 0.2) is 65.3 Å². The first kappa shape index (κ1) is 20.4. The Morgan fingerprint density at radius 1 is 1.23 bits per heavy atom. The van der Waals surface area contributed by atoms with E-state index in [2.05, 4.69) is 21.5 Å². The van der Waals surface area contributed by atoms with Crippen molar-refractivity contribution >= 4 is 34.5 Å². The predicted molar refractivity (Wildman–Crippen MR) is 118 cm³/mol. The van der Waals surface area contributed by atoms with E-state index in [0.29, 0.717) is 29.7 Å². The van der Waals surface area contributed by atoms with Crippen molar-refractivity contribution in [1.82, 2.24) is 20.0 Å². The van der Waals surface area contributed by atoms with E-state index in [-0.39, 0.29) is 12.5 Å². The van der Waals surface area contributed by atoms with Crippen molar-refractivity contribution in [3.63, 3.8) is 0 Å². The van der Waals surface area contributed by atoms with Crippen molar-refractivity contribution in [1.29, 1.82) is 5.26 Å². The molecule has 0 saturated heterocycles. The van der Waals surface area contributed by atoms with Crippen molar-refractivity contribution in [3.05, 3.63) is 77.3 Å². The molecule has 0 fully saturated rings. The zero-order valence-corrected chi connectivity index (χ0v) is 17.2. The molecule has 0 unspecified atom stereocenters. The monoisotopic (exact) mass is 431 g/mol. The highest BCUT2D eigenvalue weighted by Crippen LogP contribution is 2.23. The first-order chi connectivity index (χ1) is 15.1. The fourth-order valence-corrected chi connectivity index (χ4v) is 3.32. The van der Waals surface area contributed by atoms with Gasteiger partial charge >= 0.3 is 0 Å². The Balaban J connectivity index is 1.40. The summed E-state index contributed by atoms with van der Waals surface area (Å²) in [5, 5.41) is 17.2. The van der Waals surface area contributed by atoms with Gasteiger partial charge < -0.3 is 14.4 Å². The number of aryl methyl sites for hydroxylation is 1. The lowest BCUT2D eigenvalue weighted by Crippen LogP contribution is -2.20. The molecule has 4 aromatic rings. The Bertz CT molecular complexity index is 1280. The molecule has 1 amide bonds. The van der Waals surface area contributed by atoms with Crippen LogP contribution in [-0.2, 0) is 17.9 Å². The Hall–Kier alpha value is -3.89. The Labute approximate surface area is 183 Å². The van der Waals surface area contributed by atoms with E-state index in [1.165, 1.54) is 6.08 Å². The van der Waals surface area contributed by atoms with Gasteiger partial charge in [-0.2, -0.15) is 10.2 Å². The van der Waals surface area contributed by atoms with E-state index in [1.54, 1.807) is 30.3 Å². The third-order valence-corrected chi connectivity index (χ3v) is 4.93. The molecule has 0 aliphatic carbocycles. The van der Waals surface area contributed by atoms with E-state index < -0.39 is 0 Å². The number of nitrogens with one attached hydrogen (secondary N) is 1. The number of fused-ring (bicyclic) bond motifs is 1. The van der Waals surface area contributed by atoms with Crippen LogP contribution >= 0.6 is 11.6 Å². The Kier molecular flexibility index (Phi) is 6.11. The third kappa shape index (κ3) is 4.82. The SMILES string of the molecule is N#CCCn1cc(C=CC(=O)NCc2nc(-c3ccc(Cl)cc3)no2)c2ccccc21. The highest BCUT2D eigenvalue weighted by molar-refractivity contribution is 6.30. The highest BCUT2D eigenvalue weighted by Gasteiger charge is 2.10. The topological polar surface area (TPSA) is 96.7 Å². The molecule has 31 heavy (non-hydrogen) atoms. The zero-order chi connectivity index (χ0) is 21.6. The van der Waals surface area contributed by atoms with Crippen molar-refractivity contribution < 1.29 is 9.32 Å². The van der Waals surface area contributed by atoms with Gasteiger partial charge in [0.1, 0.15) is 0 Å². The maximum Gasteiger partial charge on any atom is 0.246 e. The molecule has 0 atom stereocenters. The van der Waals surface area contributed by atoms with Gasteiger partial charge in [-0.3, -0.25) is 4.79 Å². The molecule has 154 valence electrons. The van der Waals surface area contributed by atoms with E-state index in [9.17, 15) is 4.79 Å². The van der Waals surface area contributed by atoms with Crippen LogP contribution in [0.1, 0.15) is 17.9 Å². The van der Waals surface area contributed by atoms with Crippen LogP contribution in [0.4, 0.5) is 0 Å². The summed E-state index contributed by atoms with van der Waals surface area (Å²) in [6.45, 7) is 0.720. The number of hydrogen-bond acceptors (Lipinski definition) is 5. The minimum absolute atomic E-state index is 0.119. The summed E-state index contributed by atoms with van der Waals surface area (Å²) in [4.78, 5) is 16.6. The number of halogens is 1. The number of benzene rings is 2. The predicted octanol–water partition coefficient (Wildman–Crippen LogP) is 4.59. The standard InChI is InChI=1S/C23H18ClN5O2/c24-18-9-6-16(7-10-18)23-27-22(31-28-23)14-26-21(30)11-8-17-15-29(13-3-12-25)20-5-2-1-4-19(17)20/h1-2,4-11,15H,3,13-14H2,(H,26,30). The number of nitrogens with zero attached hydrogens (tertiary/aromatic N) is 4. The van der Waals surface area contributed by atoms with Crippen molar-refractivity contribution in [2.45, 2.75) is 19.5 Å². The molecule has 4 rings (SSSR count). The van der Waals surface area contributed by atoms with E-state index in [4.69, 9.17) is 21.4 Å². The molecular weight excluding hydrogens is 414 g/mol. The van der Waals surface area contributed by atoms with Crippen molar-refractivity contribution in [3.8, 4) is 17.5 Å². The number of rotatable bonds is 7. The summed E-state index contributed by atoms with van der Waals surface area (Å²) in [5.41, 5.74) is 2.71. The summed E-state index contributed by atoms with van der Waals surface area (Å²) in [7, 11) is 0. The van der Waals surface area contributed by atoms with Crippen molar-refractivity contribution in [2.75, 3.05) is 0 Å². The van der Waals surface area contributed by atoms with Crippen LogP contribution in [0.25, 0.3) is 28.4 Å². The molecule has 0 aliphatic rings. The fraction of sp³-hybridized carbons (Fsp3) is 0.130. The van der Waals surface area contributed by atoms with Crippen LogP contribution < -0.4 is 5.32 Å². The normalized spacial score (nSPS) is 11.1. The van der Waals surface area contributed by atoms with E-state index in [1.807, 2.05) is 35.0 Å². The molecule has 1 N–H and O–H groups in total. The second-order valence-electron chi connectivity index (χ2n) is 6.77. The second kappa shape index (κ2) is 9.28. The lowest BCUT2D eigenvalue weighted by molar-refractivity contribution is -0.116. The van der Waals surface area contributed by atoms with E-state index in [0.717, 1.165) is 22.0 Å². The summed E-state index contributed by atoms with van der Waals surface area (Å²) in [6.07, 6.45) is 5.59. The van der Waals surface area contributed by atoms with Gasteiger partial charge in [-0.15, -0.1) is 0 Å². The molecule has 7 nitrogen and oxygen atoms in total. The third-order valence-electron chi connectivity index (χ3n) is 4.68. The van der Waals surface area contributed by atoms with Gasteiger partial charge in [0.2, 0.25) is 17.6 Å². The number of para-hydroxylation sites is 1. The molecule has 0 radical (unpaired) electrons. The number of aromatic nitrogens is 3. The summed E-state index contributed by atoms with van der Waals surface area (Å²) in [6, 6.07) is 17.1. The molecule has 0 spiro atoms. The van der Waals surface area contributed by atoms with Crippen molar-refractivity contribution in [2.24, 2.45) is 0 Å². The number of carbonyl (C=O) groups is 1. The van der Waals surface area contributed by atoms with E-state index >= 15 is 0 Å². The lowest BCUT2D eigenvalue weighted by Gasteiger charge is -2.00. The number of carbonyl (C=O) groups excluding carboxylic acids is 1. The molecule has 0 bridgehead atoms. The largest absolute Gasteiger partial charge is 0.346 e. The Morgan fingerprint density at radius 2 is 2.03 bits per heavy atom. The van der Waals surface area contributed by atoms with Gasteiger partial charge in [-0.25, -0.2) is 0 Å². The van der Waals surface area contributed by atoms with Crippen LogP contribution in [0, 0.1) is 11.3 Å². The molecule has 0 aliphatic heterocycles. The molecule has 2 aromatic heterocycles. The van der Waals surface area contributed by atoms with Gasteiger partial charge in [0, 0.05) is 45.9 Å². The molecule has 8 heteroatoms. The minimum atomic E-state index is -0.278. The number of nitriles is 1. The molecular formula is C23H18ClN5O2. The summed E-state index contributed by atoms with van der Waals surface area (Å²) in [5.74, 6) is 0.460. The van der Waals surface area contributed by atoms with Gasteiger partial charge in [-0.05, 0) is 36.4 Å². The molecule has 0 saturated carbocycles. The van der Waals surface area contributed by atoms with Gasteiger partial charge in [-0.1, -0.05) is 35.0 Å². The summed E-state index contributed by atoms with van der Waals surface area (Å²) >= 11 is 5.89. The zero-order valence-electron chi connectivity index (χ0n) is 16.5. The first-order valence-corrected chi connectivity index (χ1v) is 10.0. The average molecular weight is 432 g/mol. The average Bonchev–Trinajstić information content (AvgIpc) is 3.40. The number of amides is 1. The summed E-state index contributed by atoms with van der Waals surface area (Å²) < 4.78 is 7.22. The maximum atomic E-state index is 12.3. The highest BCUT2D eigenvalue weighted by atomic mass is 35.5. The van der Waals surface area contributed by atoms with Gasteiger partial charge in [0.15, 0.2) is 0 Å². The molecule has 2 aromatic carbocycles. The van der Waals surface area contributed by atoms with Gasteiger partial charge in [0.25, 0.3) is 0 Å². The second-order valence-corrected chi connectivity index (χ2v) is 7.21. The van der Waals surface area contributed by atoms with Crippen LogP contribution in [0.3, 0.4) is 0 Å². The first-order valence-electron chi connectivity index (χ1n) is 9.63. The lowest BCUT2D eigenvalue weighted by atomic mass is 10.1. The maximum absolute atomic E-state index is 12.3. The minimum Gasteiger partial charge on any atom is -0.346 e. The van der Waals surface area contributed by atoms with Crippen LogP contribution in [-0.4, -0.2) is 20.6 Å².